The molecule has 0 bridgehead atoms. The van der Waals surface area contributed by atoms with Gasteiger partial charge in [0.1, 0.15) is 13.1 Å². The van der Waals surface area contributed by atoms with Crippen LogP contribution in [-0.4, -0.2) is 65.3 Å². The first-order chi connectivity index (χ1) is 8.40. The fraction of sp³-hybridized carbons (Fsp3) is 0.700. The van der Waals surface area contributed by atoms with Crippen LogP contribution in [0.2, 0.25) is 0 Å². The zero-order valence-electron chi connectivity index (χ0n) is 10.2. The number of carbonyl (C=O) groups excluding carboxylic acids is 1. The Balaban J connectivity index is 4.52. The Morgan fingerprint density at radius 1 is 1.22 bits per heavy atom. The summed E-state index contributed by atoms with van der Waals surface area (Å²) in [6.07, 6.45) is -0.669. The van der Waals surface area contributed by atoms with Crippen LogP contribution in [0.25, 0.3) is 0 Å². The number of amides is 1. The molecular formula is C10H18N2O6. The van der Waals surface area contributed by atoms with Gasteiger partial charge in [-0.3, -0.25) is 14.4 Å². The molecular weight excluding hydrogens is 244 g/mol. The highest BCUT2D eigenvalue weighted by atomic mass is 16.5. The third kappa shape index (κ3) is 6.81. The van der Waals surface area contributed by atoms with E-state index in [1.165, 1.54) is 0 Å². The Bertz CT molecular complexity index is 291. The first-order valence-corrected chi connectivity index (χ1v) is 5.43. The van der Waals surface area contributed by atoms with E-state index in [0.29, 0.717) is 6.61 Å². The van der Waals surface area contributed by atoms with Crippen molar-refractivity contribution in [3.63, 3.8) is 0 Å². The quantitative estimate of drug-likeness (QED) is 0.472. The number of nitrogens with two attached hydrogens (primary N) is 1. The van der Waals surface area contributed by atoms with Crippen LogP contribution in [0.5, 0.6) is 0 Å². The standard InChI is InChI=1S/C10H18N2O6/c1-2-18-7(4-11)3-8(13)12(5-9(14)15)6-10(16)17/h7H,2-6,11H2,1H3,(H,14,15)(H,16,17). The highest BCUT2D eigenvalue weighted by Crippen LogP contribution is 2.02. The minimum atomic E-state index is -1.27. The number of hydrogen-bond donors (Lipinski definition) is 3. The van der Waals surface area contributed by atoms with Gasteiger partial charge in [0.15, 0.2) is 0 Å². The van der Waals surface area contributed by atoms with Crippen molar-refractivity contribution in [2.75, 3.05) is 26.2 Å². The van der Waals surface area contributed by atoms with Crippen LogP contribution in [0, 0.1) is 0 Å². The Hall–Kier alpha value is -1.67. The molecule has 1 amide bonds. The predicted octanol–water partition coefficient (Wildman–Crippen LogP) is -1.26. The van der Waals surface area contributed by atoms with E-state index >= 15 is 0 Å². The summed E-state index contributed by atoms with van der Waals surface area (Å²) in [5.74, 6) is -3.15. The summed E-state index contributed by atoms with van der Waals surface area (Å²) < 4.78 is 5.15. The molecule has 1 atom stereocenters. The number of ether oxygens (including phenoxy) is 1. The lowest BCUT2D eigenvalue weighted by Gasteiger charge is -2.21. The summed E-state index contributed by atoms with van der Waals surface area (Å²) in [5.41, 5.74) is 5.38. The molecule has 0 radical (unpaired) electrons. The first-order valence-electron chi connectivity index (χ1n) is 5.43. The zero-order valence-corrected chi connectivity index (χ0v) is 10.2. The highest BCUT2D eigenvalue weighted by molar-refractivity contribution is 5.85. The molecule has 18 heavy (non-hydrogen) atoms. The van der Waals surface area contributed by atoms with Gasteiger partial charge in [-0.1, -0.05) is 0 Å². The predicted molar refractivity (Wildman–Crippen MR) is 60.9 cm³/mol. The van der Waals surface area contributed by atoms with E-state index in [9.17, 15) is 14.4 Å². The van der Waals surface area contributed by atoms with Gasteiger partial charge >= 0.3 is 11.9 Å². The number of carbonyl (C=O) groups is 3. The van der Waals surface area contributed by atoms with Crippen molar-refractivity contribution in [2.45, 2.75) is 19.4 Å². The van der Waals surface area contributed by atoms with Gasteiger partial charge < -0.3 is 25.6 Å². The van der Waals surface area contributed by atoms with Crippen molar-refractivity contribution in [3.8, 4) is 0 Å². The van der Waals surface area contributed by atoms with Crippen LogP contribution < -0.4 is 5.73 Å². The van der Waals surface area contributed by atoms with Crippen LogP contribution in [0.3, 0.4) is 0 Å². The summed E-state index contributed by atoms with van der Waals surface area (Å²) in [6, 6.07) is 0. The van der Waals surface area contributed by atoms with Crippen molar-refractivity contribution in [2.24, 2.45) is 5.73 Å². The third-order valence-corrected chi connectivity index (χ3v) is 2.07. The van der Waals surface area contributed by atoms with Crippen LogP contribution in [0.4, 0.5) is 0 Å². The van der Waals surface area contributed by atoms with E-state index in [0.717, 1.165) is 4.90 Å². The van der Waals surface area contributed by atoms with E-state index in [2.05, 4.69) is 0 Å². The Morgan fingerprint density at radius 2 is 1.72 bits per heavy atom. The number of aliphatic carboxylic acids is 2. The number of rotatable bonds is 9. The van der Waals surface area contributed by atoms with Gasteiger partial charge in [0, 0.05) is 13.2 Å². The molecule has 0 spiro atoms. The lowest BCUT2D eigenvalue weighted by atomic mass is 10.2. The van der Waals surface area contributed by atoms with E-state index in [1.807, 2.05) is 0 Å². The summed E-state index contributed by atoms with van der Waals surface area (Å²) in [5, 5.41) is 17.2. The van der Waals surface area contributed by atoms with Crippen molar-refractivity contribution in [3.05, 3.63) is 0 Å². The Kier molecular flexibility index (Phi) is 7.64. The van der Waals surface area contributed by atoms with Crippen LogP contribution >= 0.6 is 0 Å². The molecule has 0 rings (SSSR count). The molecule has 0 heterocycles. The van der Waals surface area contributed by atoms with Crippen LogP contribution in [0.1, 0.15) is 13.3 Å². The minimum absolute atomic E-state index is 0.105. The smallest absolute Gasteiger partial charge is 0.323 e. The van der Waals surface area contributed by atoms with Gasteiger partial charge in [-0.25, -0.2) is 0 Å². The molecule has 0 aromatic heterocycles. The van der Waals surface area contributed by atoms with Gasteiger partial charge in [-0.2, -0.15) is 0 Å². The molecule has 8 heteroatoms. The molecule has 8 nitrogen and oxygen atoms in total. The molecule has 104 valence electrons. The van der Waals surface area contributed by atoms with Crippen LogP contribution in [0.15, 0.2) is 0 Å². The lowest BCUT2D eigenvalue weighted by molar-refractivity contribution is -0.150. The molecule has 0 saturated carbocycles. The van der Waals surface area contributed by atoms with E-state index < -0.39 is 37.0 Å². The monoisotopic (exact) mass is 262 g/mol. The maximum absolute atomic E-state index is 11.7. The summed E-state index contributed by atoms with van der Waals surface area (Å²) in [4.78, 5) is 33.5. The maximum atomic E-state index is 11.7. The Morgan fingerprint density at radius 3 is 2.06 bits per heavy atom. The average Bonchev–Trinajstić information content (AvgIpc) is 2.26. The van der Waals surface area contributed by atoms with Gasteiger partial charge in [-0.15, -0.1) is 0 Å². The Labute approximate surface area is 104 Å². The average molecular weight is 262 g/mol. The lowest BCUT2D eigenvalue weighted by Crippen LogP contribution is -2.42. The first kappa shape index (κ1) is 16.3. The largest absolute Gasteiger partial charge is 0.480 e. The highest BCUT2D eigenvalue weighted by Gasteiger charge is 2.22. The molecule has 0 aromatic carbocycles. The second-order valence-corrected chi connectivity index (χ2v) is 3.55. The number of carboxylic acid groups (broad SMARTS) is 2. The molecule has 0 aliphatic rings. The number of carboxylic acids is 2. The number of hydrogen-bond acceptors (Lipinski definition) is 5. The number of nitrogens with zero attached hydrogens (tertiary/aromatic N) is 1. The van der Waals surface area contributed by atoms with Crippen molar-refractivity contribution in [1.29, 1.82) is 0 Å². The molecule has 0 saturated heterocycles. The SMILES string of the molecule is CCOC(CN)CC(=O)N(CC(=O)O)CC(=O)O. The second-order valence-electron chi connectivity index (χ2n) is 3.55. The normalized spacial score (nSPS) is 11.9. The summed E-state index contributed by atoms with van der Waals surface area (Å²) in [7, 11) is 0. The molecule has 0 aliphatic heterocycles. The zero-order chi connectivity index (χ0) is 14.1. The fourth-order valence-corrected chi connectivity index (χ4v) is 1.33. The molecule has 4 N–H and O–H groups in total. The topological polar surface area (TPSA) is 130 Å². The summed E-state index contributed by atoms with van der Waals surface area (Å²) >= 11 is 0. The minimum Gasteiger partial charge on any atom is -0.480 e. The van der Waals surface area contributed by atoms with Gasteiger partial charge in [-0.05, 0) is 6.92 Å². The molecule has 1 unspecified atom stereocenters. The molecule has 0 aromatic rings. The van der Waals surface area contributed by atoms with Crippen molar-refractivity contribution < 1.29 is 29.3 Å². The van der Waals surface area contributed by atoms with Gasteiger partial charge in [0.2, 0.25) is 5.91 Å². The van der Waals surface area contributed by atoms with E-state index in [1.54, 1.807) is 6.92 Å². The van der Waals surface area contributed by atoms with Gasteiger partial charge in [0.25, 0.3) is 0 Å². The molecule has 0 fully saturated rings. The maximum Gasteiger partial charge on any atom is 0.323 e. The van der Waals surface area contributed by atoms with E-state index in [-0.39, 0.29) is 13.0 Å². The molecule has 0 aliphatic carbocycles. The fourth-order valence-electron chi connectivity index (χ4n) is 1.33. The van der Waals surface area contributed by atoms with E-state index in [4.69, 9.17) is 20.7 Å². The van der Waals surface area contributed by atoms with Crippen LogP contribution in [-0.2, 0) is 19.1 Å². The second kappa shape index (κ2) is 8.43. The summed E-state index contributed by atoms with van der Waals surface area (Å²) in [6.45, 7) is 0.892. The van der Waals surface area contributed by atoms with Crippen molar-refractivity contribution >= 4 is 17.8 Å². The van der Waals surface area contributed by atoms with Crippen molar-refractivity contribution in [1.82, 2.24) is 4.90 Å². The van der Waals surface area contributed by atoms with Gasteiger partial charge in [0.05, 0.1) is 12.5 Å². The third-order valence-electron chi connectivity index (χ3n) is 2.07.